The summed E-state index contributed by atoms with van der Waals surface area (Å²) >= 11 is 1.62. The summed E-state index contributed by atoms with van der Waals surface area (Å²) in [5.41, 5.74) is 0.135. The maximum atomic E-state index is 13.0. The lowest BCUT2D eigenvalue weighted by atomic mass is 10.0. The van der Waals surface area contributed by atoms with Gasteiger partial charge in [0.15, 0.2) is 5.78 Å². The number of rotatable bonds is 4. The van der Waals surface area contributed by atoms with E-state index in [4.69, 9.17) is 0 Å². The quantitative estimate of drug-likeness (QED) is 0.762. The first-order chi connectivity index (χ1) is 8.65. The van der Waals surface area contributed by atoms with Crippen molar-refractivity contribution in [3.05, 3.63) is 35.4 Å². The first-order valence-electron chi connectivity index (χ1n) is 6.26. The third-order valence-corrected chi connectivity index (χ3v) is 4.56. The molecule has 1 aromatic carbocycles. The van der Waals surface area contributed by atoms with Crippen molar-refractivity contribution in [1.82, 2.24) is 0 Å². The van der Waals surface area contributed by atoms with Crippen LogP contribution in [-0.4, -0.2) is 16.8 Å². The number of carbonyl (C=O) groups is 1. The van der Waals surface area contributed by atoms with Gasteiger partial charge in [-0.15, -0.1) is 0 Å². The molecule has 4 heteroatoms. The second-order valence-corrected chi connectivity index (χ2v) is 5.94. The van der Waals surface area contributed by atoms with E-state index < -0.39 is 11.6 Å². The van der Waals surface area contributed by atoms with Crippen LogP contribution < -0.4 is 0 Å². The summed E-state index contributed by atoms with van der Waals surface area (Å²) in [7, 11) is 0. The molecule has 0 unspecified atom stereocenters. The van der Waals surface area contributed by atoms with E-state index in [-0.39, 0.29) is 11.3 Å². The van der Waals surface area contributed by atoms with Gasteiger partial charge < -0.3 is 0 Å². The Balaban J connectivity index is 1.90. The zero-order chi connectivity index (χ0) is 13.0. The number of ketones is 1. The number of hydrogen-bond acceptors (Lipinski definition) is 2. The maximum Gasteiger partial charge on any atom is 0.172 e. The number of thioether (sulfide) groups is 1. The van der Waals surface area contributed by atoms with E-state index in [1.165, 1.54) is 19.3 Å². The van der Waals surface area contributed by atoms with E-state index in [1.807, 2.05) is 0 Å². The van der Waals surface area contributed by atoms with Crippen molar-refractivity contribution < 1.29 is 13.6 Å². The van der Waals surface area contributed by atoms with Crippen LogP contribution in [0, 0.1) is 11.6 Å². The minimum atomic E-state index is -0.694. The van der Waals surface area contributed by atoms with Crippen molar-refractivity contribution in [3.63, 3.8) is 0 Å². The molecule has 1 fully saturated rings. The first-order valence-corrected chi connectivity index (χ1v) is 7.31. The van der Waals surface area contributed by atoms with E-state index in [2.05, 4.69) is 0 Å². The Hall–Kier alpha value is -0.900. The molecule has 0 aromatic heterocycles. The van der Waals surface area contributed by atoms with Crippen LogP contribution in [0.2, 0.25) is 0 Å². The van der Waals surface area contributed by atoms with E-state index in [9.17, 15) is 13.6 Å². The molecule has 18 heavy (non-hydrogen) atoms. The lowest BCUT2D eigenvalue weighted by Gasteiger charge is -2.20. The SMILES string of the molecule is O=C(CSC1CCCCC1)c1cc(F)cc(F)c1. The summed E-state index contributed by atoms with van der Waals surface area (Å²) < 4.78 is 26.0. The number of Topliss-reactive ketones (excluding diaryl/α,β-unsaturated/α-hetero) is 1. The molecule has 0 radical (unpaired) electrons. The highest BCUT2D eigenvalue weighted by Crippen LogP contribution is 2.28. The molecule has 0 saturated heterocycles. The average molecular weight is 270 g/mol. The summed E-state index contributed by atoms with van der Waals surface area (Å²) in [5, 5.41) is 0.529. The largest absolute Gasteiger partial charge is 0.293 e. The standard InChI is InChI=1S/C14H16F2OS/c15-11-6-10(7-12(16)8-11)14(17)9-18-13-4-2-1-3-5-13/h6-8,13H,1-5,9H2. The third kappa shape index (κ3) is 3.80. The zero-order valence-electron chi connectivity index (χ0n) is 10.1. The van der Waals surface area contributed by atoms with Gasteiger partial charge in [-0.05, 0) is 25.0 Å². The Morgan fingerprint density at radius 1 is 1.11 bits per heavy atom. The van der Waals surface area contributed by atoms with Gasteiger partial charge in [0.1, 0.15) is 11.6 Å². The lowest BCUT2D eigenvalue weighted by Crippen LogP contribution is -2.12. The fraction of sp³-hybridized carbons (Fsp3) is 0.500. The van der Waals surface area contributed by atoms with E-state index in [0.29, 0.717) is 11.0 Å². The van der Waals surface area contributed by atoms with E-state index in [1.54, 1.807) is 11.8 Å². The van der Waals surface area contributed by atoms with Crippen LogP contribution >= 0.6 is 11.8 Å². The van der Waals surface area contributed by atoms with Gasteiger partial charge in [-0.25, -0.2) is 8.78 Å². The third-order valence-electron chi connectivity index (χ3n) is 3.19. The predicted octanol–water partition coefficient (Wildman–Crippen LogP) is 4.21. The number of benzene rings is 1. The Kier molecular flexibility index (Phi) is 4.75. The van der Waals surface area contributed by atoms with Gasteiger partial charge in [-0.3, -0.25) is 4.79 Å². The fourth-order valence-corrected chi connectivity index (χ4v) is 3.44. The average Bonchev–Trinajstić information content (AvgIpc) is 2.36. The molecule has 1 aromatic rings. The van der Waals surface area contributed by atoms with Gasteiger partial charge in [-0.2, -0.15) is 11.8 Å². The molecular formula is C14H16F2OS. The highest BCUT2D eigenvalue weighted by atomic mass is 32.2. The molecule has 0 aliphatic heterocycles. The molecule has 0 atom stereocenters. The van der Waals surface area contributed by atoms with Crippen molar-refractivity contribution in [2.45, 2.75) is 37.4 Å². The van der Waals surface area contributed by atoms with Crippen LogP contribution in [0.5, 0.6) is 0 Å². The Morgan fingerprint density at radius 2 is 1.72 bits per heavy atom. The highest BCUT2D eigenvalue weighted by Gasteiger charge is 2.16. The van der Waals surface area contributed by atoms with Gasteiger partial charge >= 0.3 is 0 Å². The van der Waals surface area contributed by atoms with Crippen molar-refractivity contribution in [3.8, 4) is 0 Å². The van der Waals surface area contributed by atoms with E-state index >= 15 is 0 Å². The van der Waals surface area contributed by atoms with Crippen LogP contribution in [0.1, 0.15) is 42.5 Å². The van der Waals surface area contributed by atoms with Gasteiger partial charge in [0, 0.05) is 16.9 Å². The molecule has 1 nitrogen and oxygen atoms in total. The molecule has 98 valence electrons. The molecule has 0 heterocycles. The normalized spacial score (nSPS) is 16.8. The summed E-state index contributed by atoms with van der Waals surface area (Å²) in [6, 6.07) is 2.99. The van der Waals surface area contributed by atoms with Crippen LogP contribution in [0.4, 0.5) is 8.78 Å². The van der Waals surface area contributed by atoms with Gasteiger partial charge in [-0.1, -0.05) is 19.3 Å². The second-order valence-electron chi connectivity index (χ2n) is 4.65. The van der Waals surface area contributed by atoms with Crippen LogP contribution in [0.25, 0.3) is 0 Å². The van der Waals surface area contributed by atoms with Crippen molar-refractivity contribution in [1.29, 1.82) is 0 Å². The smallest absolute Gasteiger partial charge is 0.172 e. The van der Waals surface area contributed by atoms with Gasteiger partial charge in [0.2, 0.25) is 0 Å². The first kappa shape index (κ1) is 13.5. The van der Waals surface area contributed by atoms with Crippen molar-refractivity contribution >= 4 is 17.5 Å². The molecule has 1 saturated carbocycles. The summed E-state index contributed by atoms with van der Waals surface area (Å²) in [6.07, 6.45) is 6.02. The molecule has 0 amide bonds. The molecule has 0 N–H and O–H groups in total. The topological polar surface area (TPSA) is 17.1 Å². The number of carbonyl (C=O) groups excluding carboxylic acids is 1. The molecule has 1 aliphatic carbocycles. The Morgan fingerprint density at radius 3 is 2.33 bits per heavy atom. The zero-order valence-corrected chi connectivity index (χ0v) is 10.9. The summed E-state index contributed by atoms with van der Waals surface area (Å²) in [5.74, 6) is -1.26. The Bertz CT molecular complexity index is 408. The number of hydrogen-bond donors (Lipinski definition) is 0. The molecular weight excluding hydrogens is 254 g/mol. The van der Waals surface area contributed by atoms with Gasteiger partial charge in [0.05, 0.1) is 5.75 Å². The molecule has 0 bridgehead atoms. The minimum Gasteiger partial charge on any atom is -0.293 e. The van der Waals surface area contributed by atoms with Gasteiger partial charge in [0.25, 0.3) is 0 Å². The van der Waals surface area contributed by atoms with Crippen LogP contribution in [-0.2, 0) is 0 Å². The van der Waals surface area contributed by atoms with Crippen molar-refractivity contribution in [2.75, 3.05) is 5.75 Å². The molecule has 1 aliphatic rings. The lowest BCUT2D eigenvalue weighted by molar-refractivity contribution is 0.102. The molecule has 2 rings (SSSR count). The van der Waals surface area contributed by atoms with Crippen LogP contribution in [0.15, 0.2) is 18.2 Å². The summed E-state index contributed by atoms with van der Waals surface area (Å²) in [6.45, 7) is 0. The minimum absolute atomic E-state index is 0.135. The second kappa shape index (κ2) is 6.32. The fourth-order valence-electron chi connectivity index (χ4n) is 2.22. The predicted molar refractivity (Wildman–Crippen MR) is 70.0 cm³/mol. The maximum absolute atomic E-state index is 13.0. The highest BCUT2D eigenvalue weighted by molar-refractivity contribution is 8.00. The molecule has 0 spiro atoms. The van der Waals surface area contributed by atoms with E-state index in [0.717, 1.165) is 31.0 Å². The van der Waals surface area contributed by atoms with Crippen LogP contribution in [0.3, 0.4) is 0 Å². The van der Waals surface area contributed by atoms with Crippen molar-refractivity contribution in [2.24, 2.45) is 0 Å². The Labute approximate surface area is 110 Å². The monoisotopic (exact) mass is 270 g/mol. The number of halogens is 2. The summed E-state index contributed by atoms with van der Waals surface area (Å²) in [4.78, 5) is 11.8.